The van der Waals surface area contributed by atoms with E-state index in [1.54, 1.807) is 18.2 Å². The van der Waals surface area contributed by atoms with E-state index in [1.807, 2.05) is 0 Å². The van der Waals surface area contributed by atoms with Crippen molar-refractivity contribution < 1.29 is 0 Å². The van der Waals surface area contributed by atoms with Crippen molar-refractivity contribution in [3.05, 3.63) is 43.6 Å². The third kappa shape index (κ3) is 3.28. The van der Waals surface area contributed by atoms with Crippen molar-refractivity contribution in [2.24, 2.45) is 0 Å². The minimum atomic E-state index is -0.168. The Balaban J connectivity index is 2.67. The first-order valence-electron chi connectivity index (χ1n) is 5.89. The SMILES string of the molecule is CC(C)(C)c1nc(-c2ccc(Cl)cc2Cl)nc(Cl)c1Br. The first-order valence-corrected chi connectivity index (χ1v) is 7.82. The maximum atomic E-state index is 6.20. The van der Waals surface area contributed by atoms with E-state index in [9.17, 15) is 0 Å². The average Bonchev–Trinajstić information content (AvgIpc) is 2.31. The minimum absolute atomic E-state index is 0.168. The smallest absolute Gasteiger partial charge is 0.162 e. The van der Waals surface area contributed by atoms with Crippen LogP contribution in [0.25, 0.3) is 11.4 Å². The van der Waals surface area contributed by atoms with Crippen LogP contribution < -0.4 is 0 Å². The molecule has 0 saturated heterocycles. The van der Waals surface area contributed by atoms with E-state index in [0.717, 1.165) is 5.69 Å². The van der Waals surface area contributed by atoms with Gasteiger partial charge in [-0.1, -0.05) is 55.6 Å². The zero-order valence-electron chi connectivity index (χ0n) is 11.1. The number of hydrogen-bond acceptors (Lipinski definition) is 2. The molecule has 0 aliphatic rings. The highest BCUT2D eigenvalue weighted by molar-refractivity contribution is 9.10. The predicted octanol–water partition coefficient (Wildman–Crippen LogP) is 6.16. The van der Waals surface area contributed by atoms with Gasteiger partial charge in [0.25, 0.3) is 0 Å². The van der Waals surface area contributed by atoms with Gasteiger partial charge in [-0.3, -0.25) is 0 Å². The molecule has 2 rings (SSSR count). The van der Waals surface area contributed by atoms with Crippen LogP contribution in [0.4, 0.5) is 0 Å². The molecule has 1 aromatic carbocycles. The van der Waals surface area contributed by atoms with Gasteiger partial charge in [-0.05, 0) is 34.1 Å². The van der Waals surface area contributed by atoms with Gasteiger partial charge in [-0.2, -0.15) is 0 Å². The molecule has 0 radical (unpaired) electrons. The van der Waals surface area contributed by atoms with Gasteiger partial charge in [-0.25, -0.2) is 9.97 Å². The summed E-state index contributed by atoms with van der Waals surface area (Å²) in [5.41, 5.74) is 1.37. The second-order valence-electron chi connectivity index (χ2n) is 5.37. The summed E-state index contributed by atoms with van der Waals surface area (Å²) in [6.07, 6.45) is 0. The van der Waals surface area contributed by atoms with E-state index in [1.165, 1.54) is 0 Å². The molecule has 0 unspecified atom stereocenters. The molecule has 20 heavy (non-hydrogen) atoms. The number of hydrogen-bond donors (Lipinski definition) is 0. The number of rotatable bonds is 1. The zero-order chi connectivity index (χ0) is 15.1. The lowest BCUT2D eigenvalue weighted by atomic mass is 9.92. The number of benzene rings is 1. The zero-order valence-corrected chi connectivity index (χ0v) is 15.0. The lowest BCUT2D eigenvalue weighted by Gasteiger charge is -2.20. The lowest BCUT2D eigenvalue weighted by Crippen LogP contribution is -2.16. The summed E-state index contributed by atoms with van der Waals surface area (Å²) >= 11 is 21.7. The van der Waals surface area contributed by atoms with E-state index in [2.05, 4.69) is 46.7 Å². The van der Waals surface area contributed by atoms with Crippen LogP contribution in [0.1, 0.15) is 26.5 Å². The van der Waals surface area contributed by atoms with E-state index in [4.69, 9.17) is 34.8 Å². The van der Waals surface area contributed by atoms with E-state index < -0.39 is 0 Å². The summed E-state index contributed by atoms with van der Waals surface area (Å²) in [5, 5.41) is 1.43. The molecule has 2 aromatic rings. The molecule has 1 aromatic heterocycles. The van der Waals surface area contributed by atoms with Crippen molar-refractivity contribution in [3.63, 3.8) is 0 Å². The molecule has 2 nitrogen and oxygen atoms in total. The largest absolute Gasteiger partial charge is 0.231 e. The van der Waals surface area contributed by atoms with Gasteiger partial charge >= 0.3 is 0 Å². The Labute approximate surface area is 141 Å². The quantitative estimate of drug-likeness (QED) is 0.541. The fourth-order valence-corrected chi connectivity index (χ4v) is 3.14. The first-order chi connectivity index (χ1) is 9.20. The van der Waals surface area contributed by atoms with Crippen LogP contribution in [0, 0.1) is 0 Å². The van der Waals surface area contributed by atoms with E-state index in [-0.39, 0.29) is 5.41 Å². The van der Waals surface area contributed by atoms with Crippen molar-refractivity contribution in [2.75, 3.05) is 0 Å². The number of halogens is 4. The molecule has 1 heterocycles. The molecule has 0 amide bonds. The van der Waals surface area contributed by atoms with Gasteiger partial charge < -0.3 is 0 Å². The van der Waals surface area contributed by atoms with E-state index in [0.29, 0.717) is 31.1 Å². The Morgan fingerprint density at radius 2 is 1.70 bits per heavy atom. The Bertz CT molecular complexity index is 666. The monoisotopic (exact) mass is 392 g/mol. The topological polar surface area (TPSA) is 25.8 Å². The van der Waals surface area contributed by atoms with Crippen LogP contribution in [-0.4, -0.2) is 9.97 Å². The Morgan fingerprint density at radius 3 is 2.25 bits per heavy atom. The highest BCUT2D eigenvalue weighted by atomic mass is 79.9. The van der Waals surface area contributed by atoms with Crippen molar-refractivity contribution in [2.45, 2.75) is 26.2 Å². The van der Waals surface area contributed by atoms with Crippen molar-refractivity contribution >= 4 is 50.7 Å². The highest BCUT2D eigenvalue weighted by Gasteiger charge is 2.23. The second-order valence-corrected chi connectivity index (χ2v) is 7.37. The summed E-state index contributed by atoms with van der Waals surface area (Å²) in [7, 11) is 0. The molecule has 106 valence electrons. The van der Waals surface area contributed by atoms with Crippen LogP contribution in [0.15, 0.2) is 22.7 Å². The third-order valence-corrected chi connectivity index (χ3v) is 4.49. The molecular formula is C14H12BrCl3N2. The number of aromatic nitrogens is 2. The van der Waals surface area contributed by atoms with Gasteiger partial charge in [0.2, 0.25) is 0 Å². The standard InChI is InChI=1S/C14H12BrCl3N2/c1-14(2,3)11-10(15)12(18)20-13(19-11)8-5-4-7(16)6-9(8)17/h4-6H,1-3H3. The number of nitrogens with zero attached hydrogens (tertiary/aromatic N) is 2. The van der Waals surface area contributed by atoms with Gasteiger partial charge in [-0.15, -0.1) is 0 Å². The molecule has 0 aliphatic carbocycles. The maximum absolute atomic E-state index is 6.20. The summed E-state index contributed by atoms with van der Waals surface area (Å²) in [5.74, 6) is 0.491. The van der Waals surface area contributed by atoms with Crippen LogP contribution >= 0.6 is 50.7 Å². The van der Waals surface area contributed by atoms with Crippen molar-refractivity contribution in [1.82, 2.24) is 9.97 Å². The molecule has 0 fully saturated rings. The van der Waals surface area contributed by atoms with Crippen LogP contribution in [0.3, 0.4) is 0 Å². The predicted molar refractivity (Wildman–Crippen MR) is 88.9 cm³/mol. The molecule has 0 N–H and O–H groups in total. The Morgan fingerprint density at radius 1 is 1.05 bits per heavy atom. The van der Waals surface area contributed by atoms with Crippen LogP contribution in [-0.2, 0) is 5.41 Å². The Hall–Kier alpha value is -0.350. The summed E-state index contributed by atoms with van der Waals surface area (Å²) in [6, 6.07) is 5.20. The molecular weight excluding hydrogens is 382 g/mol. The Kier molecular flexibility index (Phi) is 4.65. The second kappa shape index (κ2) is 5.80. The lowest BCUT2D eigenvalue weighted by molar-refractivity contribution is 0.564. The van der Waals surface area contributed by atoms with E-state index >= 15 is 0 Å². The summed E-state index contributed by atoms with van der Waals surface area (Å²) in [6.45, 7) is 6.18. The maximum Gasteiger partial charge on any atom is 0.162 e. The molecule has 0 aliphatic heterocycles. The van der Waals surface area contributed by atoms with Crippen molar-refractivity contribution in [3.8, 4) is 11.4 Å². The molecule has 6 heteroatoms. The fourth-order valence-electron chi connectivity index (χ4n) is 1.71. The third-order valence-electron chi connectivity index (χ3n) is 2.69. The minimum Gasteiger partial charge on any atom is -0.231 e. The highest BCUT2D eigenvalue weighted by Crippen LogP contribution is 2.36. The van der Waals surface area contributed by atoms with Gasteiger partial charge in [0.15, 0.2) is 5.82 Å². The first kappa shape index (κ1) is 16.0. The summed E-state index contributed by atoms with van der Waals surface area (Å²) < 4.78 is 0.709. The van der Waals surface area contributed by atoms with Crippen LogP contribution in [0.5, 0.6) is 0 Å². The van der Waals surface area contributed by atoms with Gasteiger partial charge in [0.1, 0.15) is 5.15 Å². The summed E-state index contributed by atoms with van der Waals surface area (Å²) in [4.78, 5) is 8.88. The van der Waals surface area contributed by atoms with Gasteiger partial charge in [0, 0.05) is 16.0 Å². The van der Waals surface area contributed by atoms with Crippen LogP contribution in [0.2, 0.25) is 15.2 Å². The molecule has 0 spiro atoms. The van der Waals surface area contributed by atoms with Crippen molar-refractivity contribution in [1.29, 1.82) is 0 Å². The molecule has 0 saturated carbocycles. The fraction of sp³-hybridized carbons (Fsp3) is 0.286. The molecule has 0 bridgehead atoms. The molecule has 0 atom stereocenters. The average molecular weight is 395 g/mol. The van der Waals surface area contributed by atoms with Gasteiger partial charge in [0.05, 0.1) is 15.2 Å². The normalized spacial score (nSPS) is 11.8.